The van der Waals surface area contributed by atoms with Gasteiger partial charge in [0.1, 0.15) is 17.4 Å². The lowest BCUT2D eigenvalue weighted by atomic mass is 10.2. The van der Waals surface area contributed by atoms with Crippen LogP contribution in [-0.4, -0.2) is 14.9 Å². The molecule has 0 bridgehead atoms. The zero-order valence-corrected chi connectivity index (χ0v) is 15.5. The first-order valence-electron chi connectivity index (χ1n) is 8.54. The average Bonchev–Trinajstić information content (AvgIpc) is 3.14. The van der Waals surface area contributed by atoms with E-state index in [-0.39, 0.29) is 5.69 Å². The van der Waals surface area contributed by atoms with E-state index in [1.54, 1.807) is 12.3 Å². The van der Waals surface area contributed by atoms with Crippen LogP contribution in [0.15, 0.2) is 66.9 Å². The summed E-state index contributed by atoms with van der Waals surface area (Å²) >= 11 is 1.48. The maximum absolute atomic E-state index is 10.9. The highest BCUT2D eigenvalue weighted by Crippen LogP contribution is 2.28. The van der Waals surface area contributed by atoms with Gasteiger partial charge in [-0.25, -0.2) is 4.98 Å². The predicted octanol–water partition coefficient (Wildman–Crippen LogP) is 5.35. The fraction of sp³-hybridized carbons (Fsp3) is 0.0476. The summed E-state index contributed by atoms with van der Waals surface area (Å²) < 4.78 is 6.81. The van der Waals surface area contributed by atoms with Gasteiger partial charge >= 0.3 is 0 Å². The van der Waals surface area contributed by atoms with Gasteiger partial charge in [0, 0.05) is 23.9 Å². The Kier molecular flexibility index (Phi) is 5.07. The number of pyridine rings is 1. The molecule has 2 aromatic heterocycles. The van der Waals surface area contributed by atoms with Crippen molar-refractivity contribution in [3.8, 4) is 5.75 Å². The van der Waals surface area contributed by atoms with Crippen molar-refractivity contribution < 1.29 is 9.66 Å². The van der Waals surface area contributed by atoms with Gasteiger partial charge in [-0.2, -0.15) is 0 Å². The molecule has 0 aliphatic carbocycles. The summed E-state index contributed by atoms with van der Waals surface area (Å²) in [6, 6.07) is 18.2. The van der Waals surface area contributed by atoms with Gasteiger partial charge in [-0.15, -0.1) is 11.3 Å². The van der Waals surface area contributed by atoms with Gasteiger partial charge in [-0.05, 0) is 36.4 Å². The zero-order chi connectivity index (χ0) is 19.3. The molecule has 0 spiro atoms. The molecule has 4 rings (SSSR count). The zero-order valence-electron chi connectivity index (χ0n) is 14.7. The fourth-order valence-electron chi connectivity index (χ4n) is 2.66. The number of benzene rings is 2. The number of hydrogen-bond acceptors (Lipinski definition) is 6. The van der Waals surface area contributed by atoms with E-state index < -0.39 is 4.92 Å². The maximum atomic E-state index is 10.9. The van der Waals surface area contributed by atoms with Crippen LogP contribution in [0, 0.1) is 10.1 Å². The van der Waals surface area contributed by atoms with Crippen LogP contribution < -0.4 is 4.74 Å². The highest BCUT2D eigenvalue weighted by atomic mass is 32.1. The molecular formula is C21H15N3O3S. The molecule has 7 heteroatoms. The van der Waals surface area contributed by atoms with Crippen LogP contribution in [0.2, 0.25) is 0 Å². The van der Waals surface area contributed by atoms with Crippen molar-refractivity contribution in [2.45, 2.75) is 6.61 Å². The van der Waals surface area contributed by atoms with Crippen molar-refractivity contribution in [3.05, 3.63) is 93.2 Å². The Morgan fingerprint density at radius 1 is 1.07 bits per heavy atom. The minimum absolute atomic E-state index is 0.0431. The van der Waals surface area contributed by atoms with Crippen LogP contribution in [0.1, 0.15) is 16.3 Å². The monoisotopic (exact) mass is 389 g/mol. The van der Waals surface area contributed by atoms with Crippen LogP contribution >= 0.6 is 11.3 Å². The molecule has 0 amide bonds. The van der Waals surface area contributed by atoms with E-state index in [4.69, 9.17) is 4.74 Å². The molecule has 0 radical (unpaired) electrons. The largest absolute Gasteiger partial charge is 0.487 e. The molecule has 0 fully saturated rings. The van der Waals surface area contributed by atoms with Crippen molar-refractivity contribution in [2.75, 3.05) is 0 Å². The molecule has 4 aromatic rings. The number of nitro groups is 1. The second kappa shape index (κ2) is 7.98. The van der Waals surface area contributed by atoms with Crippen LogP contribution in [0.4, 0.5) is 5.69 Å². The molecule has 138 valence electrons. The van der Waals surface area contributed by atoms with Crippen molar-refractivity contribution in [1.82, 2.24) is 9.97 Å². The summed E-state index contributed by atoms with van der Waals surface area (Å²) in [7, 11) is 0. The highest BCUT2D eigenvalue weighted by molar-refractivity contribution is 7.19. The number of fused-ring (bicyclic) bond motifs is 1. The molecule has 0 N–H and O–H groups in total. The van der Waals surface area contributed by atoms with Gasteiger partial charge < -0.3 is 4.74 Å². The van der Waals surface area contributed by atoms with E-state index in [1.807, 2.05) is 54.6 Å². The first kappa shape index (κ1) is 17.8. The lowest BCUT2D eigenvalue weighted by molar-refractivity contribution is -0.384. The van der Waals surface area contributed by atoms with Gasteiger partial charge in [-0.1, -0.05) is 24.3 Å². The van der Waals surface area contributed by atoms with Gasteiger partial charge in [0.15, 0.2) is 0 Å². The summed E-state index contributed by atoms with van der Waals surface area (Å²) in [4.78, 5) is 19.2. The molecule has 6 nitrogen and oxygen atoms in total. The highest BCUT2D eigenvalue weighted by Gasteiger charge is 2.09. The summed E-state index contributed by atoms with van der Waals surface area (Å²) in [5.41, 5.74) is 2.44. The Bertz CT molecular complexity index is 1160. The molecule has 2 aromatic carbocycles. The summed E-state index contributed by atoms with van der Waals surface area (Å²) in [5, 5.41) is 11.7. The Balaban J connectivity index is 1.54. The molecular weight excluding hydrogens is 374 g/mol. The fourth-order valence-corrected chi connectivity index (χ4v) is 3.52. The van der Waals surface area contributed by atoms with E-state index in [1.165, 1.54) is 23.5 Å². The van der Waals surface area contributed by atoms with Gasteiger partial charge in [0.2, 0.25) is 0 Å². The van der Waals surface area contributed by atoms with E-state index in [2.05, 4.69) is 9.97 Å². The predicted molar refractivity (Wildman–Crippen MR) is 110 cm³/mol. The topological polar surface area (TPSA) is 78.2 Å². The van der Waals surface area contributed by atoms with Crippen molar-refractivity contribution in [2.24, 2.45) is 0 Å². The number of hydrogen-bond donors (Lipinski definition) is 0. The standard InChI is InChI=1S/C21H15N3O3S/c25-24(26)17-9-10-20-18(13-17)23-21(28-20)11-8-15-5-1-2-7-19(15)27-14-16-6-3-4-12-22-16/h1-13H,14H2/b11-8+. The third-order valence-corrected chi connectivity index (χ3v) is 5.03. The first-order chi connectivity index (χ1) is 13.7. The number of non-ortho nitro benzene ring substituents is 1. The minimum atomic E-state index is -0.413. The molecule has 2 heterocycles. The number of nitrogens with zero attached hydrogens (tertiary/aromatic N) is 3. The van der Waals surface area contributed by atoms with Gasteiger partial charge in [0.05, 0.1) is 20.8 Å². The molecule has 0 saturated heterocycles. The summed E-state index contributed by atoms with van der Waals surface area (Å²) in [5.74, 6) is 0.751. The molecule has 0 saturated carbocycles. The van der Waals surface area contributed by atoms with Crippen molar-refractivity contribution in [3.63, 3.8) is 0 Å². The molecule has 0 aliphatic heterocycles. The number of rotatable bonds is 6. The summed E-state index contributed by atoms with van der Waals surface area (Å²) in [6.07, 6.45) is 5.56. The number of thiazole rings is 1. The summed E-state index contributed by atoms with van der Waals surface area (Å²) in [6.45, 7) is 0.385. The quantitative estimate of drug-likeness (QED) is 0.328. The van der Waals surface area contributed by atoms with Crippen LogP contribution in [-0.2, 0) is 6.61 Å². The van der Waals surface area contributed by atoms with E-state index in [9.17, 15) is 10.1 Å². The van der Waals surface area contributed by atoms with Crippen LogP contribution in [0.3, 0.4) is 0 Å². The smallest absolute Gasteiger partial charge is 0.271 e. The lowest BCUT2D eigenvalue weighted by Crippen LogP contribution is -1.98. The Morgan fingerprint density at radius 2 is 1.93 bits per heavy atom. The second-order valence-corrected chi connectivity index (χ2v) is 7.00. The van der Waals surface area contributed by atoms with E-state index >= 15 is 0 Å². The van der Waals surface area contributed by atoms with Gasteiger partial charge in [-0.3, -0.25) is 15.1 Å². The SMILES string of the molecule is O=[N+]([O-])c1ccc2sc(/C=C/c3ccccc3OCc3ccccn3)nc2c1. The molecule has 28 heavy (non-hydrogen) atoms. The Morgan fingerprint density at radius 3 is 2.75 bits per heavy atom. The normalized spacial score (nSPS) is 11.1. The number of ether oxygens (including phenoxy) is 1. The molecule has 0 unspecified atom stereocenters. The average molecular weight is 389 g/mol. The molecule has 0 atom stereocenters. The van der Waals surface area contributed by atoms with Crippen LogP contribution in [0.5, 0.6) is 5.75 Å². The number of nitro benzene ring substituents is 1. The first-order valence-corrected chi connectivity index (χ1v) is 9.35. The lowest BCUT2D eigenvalue weighted by Gasteiger charge is -2.08. The third-order valence-electron chi connectivity index (χ3n) is 4.02. The Hall–Kier alpha value is -3.58. The number of para-hydroxylation sites is 1. The maximum Gasteiger partial charge on any atom is 0.271 e. The van der Waals surface area contributed by atoms with Crippen molar-refractivity contribution >= 4 is 39.4 Å². The van der Waals surface area contributed by atoms with Crippen LogP contribution in [0.25, 0.3) is 22.4 Å². The van der Waals surface area contributed by atoms with E-state index in [0.29, 0.717) is 12.1 Å². The molecule has 0 aliphatic rings. The minimum Gasteiger partial charge on any atom is -0.487 e. The van der Waals surface area contributed by atoms with E-state index in [0.717, 1.165) is 26.7 Å². The van der Waals surface area contributed by atoms with Crippen molar-refractivity contribution in [1.29, 1.82) is 0 Å². The number of aromatic nitrogens is 2. The second-order valence-electron chi connectivity index (χ2n) is 5.94. The van der Waals surface area contributed by atoms with Gasteiger partial charge in [0.25, 0.3) is 5.69 Å². The Labute approximate surface area is 164 Å². The third kappa shape index (κ3) is 4.05.